The molecule has 0 heterocycles. The first kappa shape index (κ1) is 13.8. The number of nitrogens with one attached hydrogen (secondary N) is 1. The topological polar surface area (TPSA) is 122 Å². The smallest absolute Gasteiger partial charge is 0.328 e. The van der Waals surface area contributed by atoms with Crippen molar-refractivity contribution in [2.75, 3.05) is 19.5 Å². The molecule has 0 saturated heterocycles. The number of rotatable bonds is 5. The standard InChI is InChI=1S/C11H14N2O5/c1-18-9-4-6(12)2-3-7(9)10(15)13-8(5-14)11(16)17/h2-4,8,14H,5,12H2,1H3,(H,13,15)(H,16,17)/t8-/m1/s1. The minimum absolute atomic E-state index is 0.145. The Bertz CT molecular complexity index is 461. The Hall–Kier alpha value is -2.28. The number of carbonyl (C=O) groups is 2. The summed E-state index contributed by atoms with van der Waals surface area (Å²) in [4.78, 5) is 22.5. The number of carbonyl (C=O) groups excluding carboxylic acids is 1. The van der Waals surface area contributed by atoms with Gasteiger partial charge >= 0.3 is 5.97 Å². The number of aliphatic hydroxyl groups is 1. The van der Waals surface area contributed by atoms with Gasteiger partial charge in [0.05, 0.1) is 19.3 Å². The van der Waals surface area contributed by atoms with Gasteiger partial charge < -0.3 is 26.0 Å². The third-order valence-electron chi connectivity index (χ3n) is 2.26. The lowest BCUT2D eigenvalue weighted by Gasteiger charge is -2.13. The molecule has 1 aromatic carbocycles. The summed E-state index contributed by atoms with van der Waals surface area (Å²) < 4.78 is 4.97. The van der Waals surface area contributed by atoms with Crippen LogP contribution in [0, 0.1) is 0 Å². The number of aliphatic carboxylic acids is 1. The SMILES string of the molecule is COc1cc(N)ccc1C(=O)N[C@H](CO)C(=O)O. The van der Waals surface area contributed by atoms with Gasteiger partial charge in [-0.05, 0) is 12.1 Å². The monoisotopic (exact) mass is 254 g/mol. The van der Waals surface area contributed by atoms with Gasteiger partial charge in [0, 0.05) is 11.8 Å². The van der Waals surface area contributed by atoms with Gasteiger partial charge in [0.1, 0.15) is 5.75 Å². The van der Waals surface area contributed by atoms with Crippen molar-refractivity contribution in [3.63, 3.8) is 0 Å². The molecule has 1 rings (SSSR count). The normalized spacial score (nSPS) is 11.7. The lowest BCUT2D eigenvalue weighted by atomic mass is 10.1. The van der Waals surface area contributed by atoms with Crippen LogP contribution in [0.5, 0.6) is 5.75 Å². The third-order valence-corrected chi connectivity index (χ3v) is 2.26. The first-order valence-electron chi connectivity index (χ1n) is 5.07. The highest BCUT2D eigenvalue weighted by atomic mass is 16.5. The van der Waals surface area contributed by atoms with Crippen LogP contribution < -0.4 is 15.8 Å². The van der Waals surface area contributed by atoms with Gasteiger partial charge in [0.2, 0.25) is 0 Å². The molecule has 5 N–H and O–H groups in total. The molecule has 0 aromatic heterocycles. The summed E-state index contributed by atoms with van der Waals surface area (Å²) in [5.74, 6) is -1.75. The number of ether oxygens (including phenoxy) is 1. The number of anilines is 1. The quantitative estimate of drug-likeness (QED) is 0.523. The summed E-state index contributed by atoms with van der Waals surface area (Å²) >= 11 is 0. The van der Waals surface area contributed by atoms with Crippen LogP contribution in [0.25, 0.3) is 0 Å². The molecule has 0 radical (unpaired) electrons. The predicted octanol–water partition coefficient (Wildman–Crippen LogP) is -0.547. The van der Waals surface area contributed by atoms with Crippen molar-refractivity contribution in [2.45, 2.75) is 6.04 Å². The molecule has 1 amide bonds. The van der Waals surface area contributed by atoms with E-state index in [1.807, 2.05) is 0 Å². The van der Waals surface area contributed by atoms with Crippen LogP contribution in [0.3, 0.4) is 0 Å². The van der Waals surface area contributed by atoms with Crippen LogP contribution in [0.1, 0.15) is 10.4 Å². The molecule has 0 unspecified atom stereocenters. The van der Waals surface area contributed by atoms with Gasteiger partial charge in [-0.3, -0.25) is 4.79 Å². The minimum Gasteiger partial charge on any atom is -0.496 e. The van der Waals surface area contributed by atoms with Crippen LogP contribution in [-0.2, 0) is 4.79 Å². The van der Waals surface area contributed by atoms with E-state index in [4.69, 9.17) is 20.7 Å². The molecule has 0 aliphatic heterocycles. The van der Waals surface area contributed by atoms with E-state index in [2.05, 4.69) is 5.32 Å². The second-order valence-electron chi connectivity index (χ2n) is 3.51. The zero-order valence-electron chi connectivity index (χ0n) is 9.71. The first-order valence-corrected chi connectivity index (χ1v) is 5.07. The summed E-state index contributed by atoms with van der Waals surface area (Å²) in [7, 11) is 1.37. The zero-order valence-corrected chi connectivity index (χ0v) is 9.71. The van der Waals surface area contributed by atoms with E-state index in [-0.39, 0.29) is 11.3 Å². The highest BCUT2D eigenvalue weighted by molar-refractivity contribution is 5.99. The largest absolute Gasteiger partial charge is 0.496 e. The van der Waals surface area contributed by atoms with Crippen molar-refractivity contribution < 1.29 is 24.5 Å². The molecule has 0 saturated carbocycles. The van der Waals surface area contributed by atoms with E-state index >= 15 is 0 Å². The molecular weight excluding hydrogens is 240 g/mol. The molecular formula is C11H14N2O5. The van der Waals surface area contributed by atoms with Crippen LogP contribution in [0.15, 0.2) is 18.2 Å². The summed E-state index contributed by atoms with van der Waals surface area (Å²) in [6.07, 6.45) is 0. The maximum Gasteiger partial charge on any atom is 0.328 e. The molecule has 7 nitrogen and oxygen atoms in total. The number of carboxylic acids is 1. The van der Waals surface area contributed by atoms with Gasteiger partial charge in [-0.15, -0.1) is 0 Å². The predicted molar refractivity (Wildman–Crippen MR) is 63.4 cm³/mol. The summed E-state index contributed by atoms with van der Waals surface area (Å²) in [5, 5.41) is 19.7. The second kappa shape index (κ2) is 5.87. The fraction of sp³-hybridized carbons (Fsp3) is 0.273. The van der Waals surface area contributed by atoms with Crippen molar-refractivity contribution in [1.29, 1.82) is 0 Å². The van der Waals surface area contributed by atoms with E-state index in [9.17, 15) is 9.59 Å². The van der Waals surface area contributed by atoms with Crippen molar-refractivity contribution in [2.24, 2.45) is 0 Å². The van der Waals surface area contributed by atoms with E-state index in [1.165, 1.54) is 25.3 Å². The van der Waals surface area contributed by atoms with Crippen molar-refractivity contribution in [3.8, 4) is 5.75 Å². The fourth-order valence-corrected chi connectivity index (χ4v) is 1.32. The number of methoxy groups -OCH3 is 1. The van der Waals surface area contributed by atoms with E-state index in [1.54, 1.807) is 0 Å². The number of amides is 1. The van der Waals surface area contributed by atoms with Crippen molar-refractivity contribution in [3.05, 3.63) is 23.8 Å². The van der Waals surface area contributed by atoms with E-state index < -0.39 is 24.5 Å². The summed E-state index contributed by atoms with van der Waals surface area (Å²) in [6.45, 7) is -0.696. The molecule has 98 valence electrons. The number of hydrogen-bond donors (Lipinski definition) is 4. The van der Waals surface area contributed by atoms with E-state index in [0.29, 0.717) is 5.69 Å². The number of aliphatic hydroxyl groups excluding tert-OH is 1. The highest BCUT2D eigenvalue weighted by Gasteiger charge is 2.21. The Morgan fingerprint density at radius 3 is 2.67 bits per heavy atom. The van der Waals surface area contributed by atoms with Gasteiger partial charge in [0.15, 0.2) is 6.04 Å². The maximum absolute atomic E-state index is 11.8. The number of hydrogen-bond acceptors (Lipinski definition) is 5. The molecule has 0 aliphatic rings. The van der Waals surface area contributed by atoms with Crippen LogP contribution >= 0.6 is 0 Å². The number of nitrogens with two attached hydrogens (primary N) is 1. The Morgan fingerprint density at radius 2 is 2.17 bits per heavy atom. The molecule has 1 aromatic rings. The van der Waals surface area contributed by atoms with Crippen LogP contribution in [0.2, 0.25) is 0 Å². The molecule has 0 aliphatic carbocycles. The summed E-state index contributed by atoms with van der Waals surface area (Å²) in [6, 6.07) is 3.00. The zero-order chi connectivity index (χ0) is 13.7. The lowest BCUT2D eigenvalue weighted by Crippen LogP contribution is -2.43. The minimum atomic E-state index is -1.36. The van der Waals surface area contributed by atoms with Crippen LogP contribution in [0.4, 0.5) is 5.69 Å². The fourth-order valence-electron chi connectivity index (χ4n) is 1.32. The Kier molecular flexibility index (Phi) is 4.50. The molecule has 0 fully saturated rings. The Labute approximate surface area is 103 Å². The van der Waals surface area contributed by atoms with Crippen molar-refractivity contribution in [1.82, 2.24) is 5.32 Å². The molecule has 7 heteroatoms. The second-order valence-corrected chi connectivity index (χ2v) is 3.51. The van der Waals surface area contributed by atoms with Gasteiger partial charge in [-0.2, -0.15) is 0 Å². The molecule has 18 heavy (non-hydrogen) atoms. The average Bonchev–Trinajstić information content (AvgIpc) is 2.34. The summed E-state index contributed by atoms with van der Waals surface area (Å²) in [5.41, 5.74) is 6.09. The maximum atomic E-state index is 11.8. The molecule has 1 atom stereocenters. The number of benzene rings is 1. The van der Waals surface area contributed by atoms with E-state index in [0.717, 1.165) is 0 Å². The van der Waals surface area contributed by atoms with Gasteiger partial charge in [-0.1, -0.05) is 0 Å². The molecule has 0 bridgehead atoms. The van der Waals surface area contributed by atoms with Crippen LogP contribution in [-0.4, -0.2) is 41.8 Å². The van der Waals surface area contributed by atoms with Gasteiger partial charge in [0.25, 0.3) is 5.91 Å². The number of nitrogen functional groups attached to an aromatic ring is 1. The van der Waals surface area contributed by atoms with Gasteiger partial charge in [-0.25, -0.2) is 4.79 Å². The first-order chi connectivity index (χ1) is 8.49. The number of carboxylic acid groups (broad SMARTS) is 1. The van der Waals surface area contributed by atoms with Crippen molar-refractivity contribution >= 4 is 17.6 Å². The average molecular weight is 254 g/mol. The Morgan fingerprint density at radius 1 is 1.50 bits per heavy atom. The Balaban J connectivity index is 2.93. The molecule has 0 spiro atoms. The highest BCUT2D eigenvalue weighted by Crippen LogP contribution is 2.21. The third kappa shape index (κ3) is 3.11. The lowest BCUT2D eigenvalue weighted by molar-refractivity contribution is -0.140.